The average Bonchev–Trinajstić information content (AvgIpc) is 2.76. The van der Waals surface area contributed by atoms with E-state index < -0.39 is 5.91 Å². The first-order chi connectivity index (χ1) is 14.6. The van der Waals surface area contributed by atoms with E-state index in [1.54, 1.807) is 18.2 Å². The Morgan fingerprint density at radius 2 is 1.67 bits per heavy atom. The van der Waals surface area contributed by atoms with Crippen LogP contribution in [0.25, 0.3) is 11.3 Å². The molecule has 3 aromatic rings. The molecule has 1 aliphatic heterocycles. The largest absolute Gasteiger partial charge is 0.457 e. The van der Waals surface area contributed by atoms with E-state index in [-0.39, 0.29) is 11.5 Å². The smallest absolute Gasteiger partial charge is 0.267 e. The molecule has 2 aromatic carbocycles. The van der Waals surface area contributed by atoms with E-state index >= 15 is 0 Å². The second-order valence-corrected chi connectivity index (χ2v) is 7.22. The number of amides is 1. The second-order valence-electron chi connectivity index (χ2n) is 7.22. The van der Waals surface area contributed by atoms with Crippen molar-refractivity contribution in [2.24, 2.45) is 5.73 Å². The van der Waals surface area contributed by atoms with Crippen molar-refractivity contribution in [2.75, 3.05) is 26.2 Å². The molecule has 6 nitrogen and oxygen atoms in total. The predicted molar refractivity (Wildman–Crippen MR) is 113 cm³/mol. The number of piperazine rings is 1. The normalized spacial score (nSPS) is 14.4. The van der Waals surface area contributed by atoms with Gasteiger partial charge in [0.15, 0.2) is 0 Å². The Bertz CT molecular complexity index is 1020. The van der Waals surface area contributed by atoms with Gasteiger partial charge in [-0.3, -0.25) is 9.69 Å². The molecule has 30 heavy (non-hydrogen) atoms. The van der Waals surface area contributed by atoms with Gasteiger partial charge in [0, 0.05) is 38.3 Å². The van der Waals surface area contributed by atoms with Gasteiger partial charge in [-0.15, -0.1) is 0 Å². The molecular weight excluding hydrogens is 383 g/mol. The Kier molecular flexibility index (Phi) is 6.02. The van der Waals surface area contributed by atoms with Gasteiger partial charge in [-0.25, -0.2) is 9.37 Å². The monoisotopic (exact) mass is 406 g/mol. The number of halogens is 1. The lowest BCUT2D eigenvalue weighted by Gasteiger charge is -2.27. The fourth-order valence-electron chi connectivity index (χ4n) is 3.41. The average molecular weight is 406 g/mol. The van der Waals surface area contributed by atoms with Gasteiger partial charge in [-0.2, -0.15) is 0 Å². The van der Waals surface area contributed by atoms with E-state index in [4.69, 9.17) is 10.5 Å². The van der Waals surface area contributed by atoms with E-state index in [1.807, 2.05) is 30.3 Å². The number of pyridine rings is 1. The number of nitrogens with zero attached hydrogens (tertiary/aromatic N) is 2. The molecular formula is C23H23FN4O2. The number of carbonyl (C=O) groups is 1. The number of ether oxygens (including phenoxy) is 1. The molecule has 0 aliphatic carbocycles. The minimum Gasteiger partial charge on any atom is -0.457 e. The Morgan fingerprint density at radius 1 is 1.03 bits per heavy atom. The maximum absolute atomic E-state index is 13.0. The Labute approximate surface area is 174 Å². The van der Waals surface area contributed by atoms with Gasteiger partial charge in [-0.1, -0.05) is 0 Å². The van der Waals surface area contributed by atoms with Crippen LogP contribution in [-0.4, -0.2) is 42.0 Å². The molecule has 0 spiro atoms. The molecule has 7 heteroatoms. The first-order valence-corrected chi connectivity index (χ1v) is 9.84. The summed E-state index contributed by atoms with van der Waals surface area (Å²) in [5.74, 6) is 0.318. The molecule has 0 atom stereocenters. The van der Waals surface area contributed by atoms with Crippen LogP contribution in [0.15, 0.2) is 60.7 Å². The van der Waals surface area contributed by atoms with Crippen molar-refractivity contribution in [2.45, 2.75) is 6.54 Å². The molecule has 2 heterocycles. The van der Waals surface area contributed by atoms with Crippen LogP contribution in [0, 0.1) is 5.82 Å². The maximum atomic E-state index is 13.0. The molecule has 1 amide bonds. The Hall–Kier alpha value is -3.29. The Morgan fingerprint density at radius 3 is 2.30 bits per heavy atom. The second kappa shape index (κ2) is 9.02. The van der Waals surface area contributed by atoms with Gasteiger partial charge in [-0.05, 0) is 66.2 Å². The summed E-state index contributed by atoms with van der Waals surface area (Å²) in [5.41, 5.74) is 8.31. The van der Waals surface area contributed by atoms with Crippen LogP contribution in [-0.2, 0) is 6.54 Å². The first-order valence-electron chi connectivity index (χ1n) is 9.84. The zero-order valence-corrected chi connectivity index (χ0v) is 16.5. The summed E-state index contributed by atoms with van der Waals surface area (Å²) < 4.78 is 18.8. The number of primary amides is 1. The zero-order chi connectivity index (χ0) is 20.9. The number of hydrogen-bond acceptors (Lipinski definition) is 5. The van der Waals surface area contributed by atoms with Crippen LogP contribution in [0.4, 0.5) is 4.39 Å². The van der Waals surface area contributed by atoms with Crippen molar-refractivity contribution < 1.29 is 13.9 Å². The van der Waals surface area contributed by atoms with Crippen molar-refractivity contribution >= 4 is 5.91 Å². The predicted octanol–water partition coefficient (Wildman–Crippen LogP) is 3.18. The van der Waals surface area contributed by atoms with Gasteiger partial charge in [0.25, 0.3) is 5.91 Å². The number of nitrogens with two attached hydrogens (primary N) is 1. The van der Waals surface area contributed by atoms with Crippen molar-refractivity contribution in [3.8, 4) is 22.8 Å². The zero-order valence-electron chi connectivity index (χ0n) is 16.5. The number of benzene rings is 2. The van der Waals surface area contributed by atoms with Gasteiger partial charge >= 0.3 is 0 Å². The molecule has 3 N–H and O–H groups in total. The fourth-order valence-corrected chi connectivity index (χ4v) is 3.41. The lowest BCUT2D eigenvalue weighted by atomic mass is 10.1. The third-order valence-corrected chi connectivity index (χ3v) is 4.95. The summed E-state index contributed by atoms with van der Waals surface area (Å²) >= 11 is 0. The summed E-state index contributed by atoms with van der Waals surface area (Å²) in [7, 11) is 0. The van der Waals surface area contributed by atoms with Crippen LogP contribution in [0.3, 0.4) is 0 Å². The van der Waals surface area contributed by atoms with Crippen LogP contribution < -0.4 is 15.8 Å². The highest BCUT2D eigenvalue weighted by Gasteiger charge is 2.14. The molecule has 1 aromatic heterocycles. The van der Waals surface area contributed by atoms with Gasteiger partial charge in [0.2, 0.25) is 0 Å². The van der Waals surface area contributed by atoms with E-state index in [1.165, 1.54) is 12.1 Å². The van der Waals surface area contributed by atoms with Crippen LogP contribution >= 0.6 is 0 Å². The van der Waals surface area contributed by atoms with Crippen LogP contribution in [0.1, 0.15) is 16.1 Å². The van der Waals surface area contributed by atoms with Gasteiger partial charge < -0.3 is 15.8 Å². The van der Waals surface area contributed by atoms with E-state index in [9.17, 15) is 9.18 Å². The molecule has 0 saturated carbocycles. The maximum Gasteiger partial charge on any atom is 0.267 e. The molecule has 4 rings (SSSR count). The minimum absolute atomic E-state index is 0.254. The highest BCUT2D eigenvalue weighted by Crippen LogP contribution is 2.26. The molecule has 1 fully saturated rings. The van der Waals surface area contributed by atoms with E-state index in [0.29, 0.717) is 17.2 Å². The molecule has 0 unspecified atom stereocenters. The number of hydrogen-bond donors (Lipinski definition) is 2. The first kappa shape index (κ1) is 20.0. The van der Waals surface area contributed by atoms with Crippen LogP contribution in [0.5, 0.6) is 11.5 Å². The molecule has 1 saturated heterocycles. The third kappa shape index (κ3) is 5.00. The summed E-state index contributed by atoms with van der Waals surface area (Å²) in [6.45, 7) is 4.56. The van der Waals surface area contributed by atoms with Crippen molar-refractivity contribution in [3.05, 3.63) is 77.7 Å². The van der Waals surface area contributed by atoms with Crippen molar-refractivity contribution in [3.63, 3.8) is 0 Å². The number of rotatable bonds is 6. The number of nitrogens with one attached hydrogen (secondary N) is 1. The van der Waals surface area contributed by atoms with Gasteiger partial charge in [0.05, 0.1) is 5.69 Å². The summed E-state index contributed by atoms with van der Waals surface area (Å²) in [6.07, 6.45) is 0. The lowest BCUT2D eigenvalue weighted by Crippen LogP contribution is -2.42. The highest BCUT2D eigenvalue weighted by atomic mass is 19.1. The minimum atomic E-state index is -0.547. The third-order valence-electron chi connectivity index (χ3n) is 4.95. The number of aromatic nitrogens is 1. The Balaban J connectivity index is 1.55. The van der Waals surface area contributed by atoms with Gasteiger partial charge in [0.1, 0.15) is 23.0 Å². The molecule has 0 bridgehead atoms. The van der Waals surface area contributed by atoms with E-state index in [0.717, 1.165) is 43.9 Å². The fraction of sp³-hybridized carbons (Fsp3) is 0.217. The summed E-state index contributed by atoms with van der Waals surface area (Å²) in [4.78, 5) is 18.6. The standard InChI is InChI=1S/C23H23FN4O2/c24-18-3-7-20(8-4-18)30-19-5-1-17(2-6-19)21-13-16(14-22(27-21)23(25)29)15-28-11-9-26-10-12-28/h1-8,13-14,26H,9-12,15H2,(H2,25,29). The SMILES string of the molecule is NC(=O)c1cc(CN2CCNCC2)cc(-c2ccc(Oc3ccc(F)cc3)cc2)n1. The molecule has 1 aliphatic rings. The summed E-state index contributed by atoms with van der Waals surface area (Å²) in [6, 6.07) is 17.0. The number of carbonyl (C=O) groups excluding carboxylic acids is 1. The lowest BCUT2D eigenvalue weighted by molar-refractivity contribution is 0.0995. The topological polar surface area (TPSA) is 80.5 Å². The quantitative estimate of drug-likeness (QED) is 0.657. The molecule has 154 valence electrons. The van der Waals surface area contributed by atoms with E-state index in [2.05, 4.69) is 15.2 Å². The van der Waals surface area contributed by atoms with Crippen molar-refractivity contribution in [1.82, 2.24) is 15.2 Å². The highest BCUT2D eigenvalue weighted by molar-refractivity contribution is 5.91. The summed E-state index contributed by atoms with van der Waals surface area (Å²) in [5, 5.41) is 3.33. The van der Waals surface area contributed by atoms with Crippen molar-refractivity contribution in [1.29, 1.82) is 0 Å². The molecule has 0 radical (unpaired) electrons. The van der Waals surface area contributed by atoms with Crippen LogP contribution in [0.2, 0.25) is 0 Å².